The van der Waals surface area contributed by atoms with Crippen molar-refractivity contribution >= 4 is 22.7 Å². The van der Waals surface area contributed by atoms with Gasteiger partial charge in [-0.25, -0.2) is 0 Å². The Hall–Kier alpha value is -1.88. The van der Waals surface area contributed by atoms with Crippen LogP contribution in [0.25, 0.3) is 0 Å². The quantitative estimate of drug-likeness (QED) is 0.665. The molecule has 4 nitrogen and oxygen atoms in total. The van der Waals surface area contributed by atoms with Gasteiger partial charge < -0.3 is 5.32 Å². The van der Waals surface area contributed by atoms with Gasteiger partial charge in [0, 0.05) is 23.4 Å². The van der Waals surface area contributed by atoms with Gasteiger partial charge >= 0.3 is 0 Å². The molecule has 0 amide bonds. The van der Waals surface area contributed by atoms with Crippen LogP contribution in [-0.4, -0.2) is 4.92 Å². The van der Waals surface area contributed by atoms with Crippen LogP contribution < -0.4 is 5.32 Å². The fourth-order valence-electron chi connectivity index (χ4n) is 1.82. The zero-order valence-corrected chi connectivity index (χ0v) is 11.0. The van der Waals surface area contributed by atoms with Crippen LogP contribution in [0.1, 0.15) is 24.1 Å². The topological polar surface area (TPSA) is 55.2 Å². The lowest BCUT2D eigenvalue weighted by Crippen LogP contribution is -2.07. The standard InChI is InChI=1S/C13H14N2O2S/c1-9-12(4-3-5-13(9)15(16)17)14-10(2)11-6-7-18-8-11/h3-8,10,14H,1-2H3. The van der Waals surface area contributed by atoms with Crippen molar-refractivity contribution in [3.05, 3.63) is 56.3 Å². The van der Waals surface area contributed by atoms with E-state index in [1.54, 1.807) is 24.3 Å². The number of benzene rings is 1. The molecular weight excluding hydrogens is 248 g/mol. The number of thiophene rings is 1. The fourth-order valence-corrected chi connectivity index (χ4v) is 2.57. The monoisotopic (exact) mass is 262 g/mol. The Labute approximate surface area is 109 Å². The molecule has 0 bridgehead atoms. The molecular formula is C13H14N2O2S. The van der Waals surface area contributed by atoms with Crippen LogP contribution in [0.3, 0.4) is 0 Å². The number of nitro groups is 1. The second-order valence-corrected chi connectivity index (χ2v) is 4.91. The molecule has 94 valence electrons. The first-order valence-electron chi connectivity index (χ1n) is 5.62. The Morgan fingerprint density at radius 1 is 1.39 bits per heavy atom. The highest BCUT2D eigenvalue weighted by Gasteiger charge is 2.14. The maximum atomic E-state index is 10.9. The molecule has 0 aliphatic carbocycles. The van der Waals surface area contributed by atoms with Gasteiger partial charge in [-0.1, -0.05) is 6.07 Å². The van der Waals surface area contributed by atoms with Gasteiger partial charge in [0.1, 0.15) is 0 Å². The third-order valence-electron chi connectivity index (χ3n) is 2.92. The number of rotatable bonds is 4. The van der Waals surface area contributed by atoms with Crippen LogP contribution in [0.15, 0.2) is 35.0 Å². The van der Waals surface area contributed by atoms with Crippen molar-refractivity contribution in [1.29, 1.82) is 0 Å². The van der Waals surface area contributed by atoms with Crippen molar-refractivity contribution < 1.29 is 4.92 Å². The molecule has 2 rings (SSSR count). The Morgan fingerprint density at radius 3 is 2.78 bits per heavy atom. The molecule has 0 spiro atoms. The summed E-state index contributed by atoms with van der Waals surface area (Å²) in [5.41, 5.74) is 2.82. The number of nitrogens with zero attached hydrogens (tertiary/aromatic N) is 1. The zero-order valence-electron chi connectivity index (χ0n) is 10.2. The largest absolute Gasteiger partial charge is 0.378 e. The van der Waals surface area contributed by atoms with Crippen molar-refractivity contribution in [1.82, 2.24) is 0 Å². The van der Waals surface area contributed by atoms with Gasteiger partial charge in [0.05, 0.1) is 4.92 Å². The van der Waals surface area contributed by atoms with E-state index in [2.05, 4.69) is 16.8 Å². The summed E-state index contributed by atoms with van der Waals surface area (Å²) in [4.78, 5) is 10.5. The summed E-state index contributed by atoms with van der Waals surface area (Å²) in [6.45, 7) is 3.81. The Morgan fingerprint density at radius 2 is 2.17 bits per heavy atom. The summed E-state index contributed by atoms with van der Waals surface area (Å²) >= 11 is 1.64. The molecule has 0 aliphatic heterocycles. The highest BCUT2D eigenvalue weighted by molar-refractivity contribution is 7.07. The number of hydrogen-bond donors (Lipinski definition) is 1. The van der Waals surface area contributed by atoms with E-state index in [4.69, 9.17) is 0 Å². The summed E-state index contributed by atoms with van der Waals surface area (Å²) in [5.74, 6) is 0. The molecule has 0 saturated carbocycles. The number of anilines is 1. The number of hydrogen-bond acceptors (Lipinski definition) is 4. The predicted molar refractivity (Wildman–Crippen MR) is 74.2 cm³/mol. The Balaban J connectivity index is 2.24. The van der Waals surface area contributed by atoms with Crippen LogP contribution in [0.5, 0.6) is 0 Å². The van der Waals surface area contributed by atoms with E-state index in [1.807, 2.05) is 18.4 Å². The molecule has 1 heterocycles. The zero-order chi connectivity index (χ0) is 13.1. The lowest BCUT2D eigenvalue weighted by molar-refractivity contribution is -0.385. The van der Waals surface area contributed by atoms with Crippen LogP contribution in [0, 0.1) is 17.0 Å². The minimum Gasteiger partial charge on any atom is -0.378 e. The van der Waals surface area contributed by atoms with E-state index >= 15 is 0 Å². The third kappa shape index (κ3) is 2.51. The molecule has 0 fully saturated rings. The highest BCUT2D eigenvalue weighted by atomic mass is 32.1. The lowest BCUT2D eigenvalue weighted by Gasteiger charge is -2.15. The van der Waals surface area contributed by atoms with Crippen molar-refractivity contribution in [3.63, 3.8) is 0 Å². The summed E-state index contributed by atoms with van der Waals surface area (Å²) in [6, 6.07) is 7.28. The van der Waals surface area contributed by atoms with E-state index in [-0.39, 0.29) is 16.7 Å². The van der Waals surface area contributed by atoms with Gasteiger partial charge in [0.15, 0.2) is 0 Å². The van der Waals surface area contributed by atoms with E-state index < -0.39 is 0 Å². The van der Waals surface area contributed by atoms with E-state index in [0.29, 0.717) is 5.56 Å². The minimum atomic E-state index is -0.351. The second kappa shape index (κ2) is 5.18. The third-order valence-corrected chi connectivity index (χ3v) is 3.62. The van der Waals surface area contributed by atoms with Gasteiger partial charge in [-0.3, -0.25) is 10.1 Å². The number of nitrogens with one attached hydrogen (secondary N) is 1. The van der Waals surface area contributed by atoms with Gasteiger partial charge in [-0.05, 0) is 42.3 Å². The molecule has 0 aliphatic rings. The molecule has 18 heavy (non-hydrogen) atoms. The summed E-state index contributed by atoms with van der Waals surface area (Å²) in [7, 11) is 0. The minimum absolute atomic E-state index is 0.136. The van der Waals surface area contributed by atoms with Gasteiger partial charge in [0.25, 0.3) is 5.69 Å². The normalized spacial score (nSPS) is 12.1. The first-order valence-corrected chi connectivity index (χ1v) is 6.56. The maximum Gasteiger partial charge on any atom is 0.274 e. The number of nitro benzene ring substituents is 1. The molecule has 0 radical (unpaired) electrons. The lowest BCUT2D eigenvalue weighted by atomic mass is 10.1. The molecule has 1 aromatic heterocycles. The van der Waals surface area contributed by atoms with Crippen LogP contribution in [0.4, 0.5) is 11.4 Å². The second-order valence-electron chi connectivity index (χ2n) is 4.13. The van der Waals surface area contributed by atoms with Crippen molar-refractivity contribution in [2.75, 3.05) is 5.32 Å². The van der Waals surface area contributed by atoms with E-state index in [0.717, 1.165) is 5.69 Å². The SMILES string of the molecule is Cc1c(NC(C)c2ccsc2)cccc1[N+](=O)[O-]. The fraction of sp³-hybridized carbons (Fsp3) is 0.231. The molecule has 0 saturated heterocycles. The first-order chi connectivity index (χ1) is 8.59. The summed E-state index contributed by atoms with van der Waals surface area (Å²) in [6.07, 6.45) is 0. The van der Waals surface area contributed by atoms with Crippen LogP contribution >= 0.6 is 11.3 Å². The van der Waals surface area contributed by atoms with Crippen molar-refractivity contribution in [3.8, 4) is 0 Å². The molecule has 1 aromatic carbocycles. The van der Waals surface area contributed by atoms with E-state index in [9.17, 15) is 10.1 Å². The maximum absolute atomic E-state index is 10.9. The van der Waals surface area contributed by atoms with Gasteiger partial charge in [0.2, 0.25) is 0 Å². The molecule has 5 heteroatoms. The molecule has 1 atom stereocenters. The van der Waals surface area contributed by atoms with Gasteiger partial charge in [-0.2, -0.15) is 11.3 Å². The Kier molecular flexibility index (Phi) is 3.62. The molecule has 1 N–H and O–H groups in total. The highest BCUT2D eigenvalue weighted by Crippen LogP contribution is 2.28. The average molecular weight is 262 g/mol. The summed E-state index contributed by atoms with van der Waals surface area (Å²) in [5, 5.41) is 18.3. The average Bonchev–Trinajstić information content (AvgIpc) is 2.85. The summed E-state index contributed by atoms with van der Waals surface area (Å²) < 4.78 is 0. The van der Waals surface area contributed by atoms with Crippen molar-refractivity contribution in [2.24, 2.45) is 0 Å². The van der Waals surface area contributed by atoms with E-state index in [1.165, 1.54) is 11.6 Å². The molecule has 2 aromatic rings. The van der Waals surface area contributed by atoms with Crippen molar-refractivity contribution in [2.45, 2.75) is 19.9 Å². The smallest absolute Gasteiger partial charge is 0.274 e. The van der Waals surface area contributed by atoms with Gasteiger partial charge in [-0.15, -0.1) is 0 Å². The first kappa shape index (κ1) is 12.6. The van der Waals surface area contributed by atoms with Crippen LogP contribution in [-0.2, 0) is 0 Å². The molecule has 1 unspecified atom stereocenters. The Bertz CT molecular complexity index is 552. The van der Waals surface area contributed by atoms with Crippen LogP contribution in [0.2, 0.25) is 0 Å². The predicted octanol–water partition coefficient (Wildman–Crippen LogP) is 4.14.